The van der Waals surface area contributed by atoms with Crippen LogP contribution in [0.2, 0.25) is 0 Å². The molecule has 1 N–H and O–H groups in total. The highest BCUT2D eigenvalue weighted by molar-refractivity contribution is 7.09. The number of nitrogens with one attached hydrogen (secondary N) is 1. The molecule has 2 aromatic rings. The Labute approximate surface area is 187 Å². The van der Waals surface area contributed by atoms with E-state index in [2.05, 4.69) is 39.5 Å². The smallest absolute Gasteiger partial charge is 0.255 e. The second kappa shape index (κ2) is 9.09. The number of carbonyl (C=O) groups is 1. The highest BCUT2D eigenvalue weighted by Gasteiger charge is 2.30. The summed E-state index contributed by atoms with van der Waals surface area (Å²) in [4.78, 5) is 39.3. The number of carbonyl (C=O) groups excluding carboxylic acids is 1. The Morgan fingerprint density at radius 3 is 2.81 bits per heavy atom. The zero-order valence-corrected chi connectivity index (χ0v) is 18.7. The third kappa shape index (κ3) is 4.53. The molecule has 0 radical (unpaired) electrons. The van der Waals surface area contributed by atoms with Crippen LogP contribution in [0.4, 0.5) is 0 Å². The molecule has 0 spiro atoms. The molecule has 2 aromatic heterocycles. The Bertz CT molecular complexity index is 1010. The first-order valence-corrected chi connectivity index (χ1v) is 12.4. The van der Waals surface area contributed by atoms with Crippen molar-refractivity contribution in [1.82, 2.24) is 19.8 Å². The molecule has 0 aromatic carbocycles. The number of likely N-dealkylation sites (tertiary alicyclic amines) is 1. The lowest BCUT2D eigenvalue weighted by molar-refractivity contribution is -0.136. The summed E-state index contributed by atoms with van der Waals surface area (Å²) in [7, 11) is 0. The first-order valence-electron chi connectivity index (χ1n) is 11.5. The van der Waals surface area contributed by atoms with Crippen LogP contribution in [0.3, 0.4) is 0 Å². The number of rotatable bonds is 4. The van der Waals surface area contributed by atoms with Crippen molar-refractivity contribution in [2.45, 2.75) is 57.5 Å². The van der Waals surface area contributed by atoms with Crippen LogP contribution in [0, 0.1) is 5.92 Å². The van der Waals surface area contributed by atoms with Gasteiger partial charge in [0, 0.05) is 55.9 Å². The van der Waals surface area contributed by atoms with Crippen LogP contribution in [0.5, 0.6) is 0 Å². The van der Waals surface area contributed by atoms with E-state index in [0.29, 0.717) is 12.5 Å². The van der Waals surface area contributed by atoms with Crippen LogP contribution in [0.25, 0.3) is 0 Å². The van der Waals surface area contributed by atoms with Crippen LogP contribution in [-0.4, -0.2) is 45.3 Å². The number of hydrogen-bond donors (Lipinski definition) is 1. The van der Waals surface area contributed by atoms with Gasteiger partial charge in [0.15, 0.2) is 0 Å². The van der Waals surface area contributed by atoms with Crippen LogP contribution in [0.15, 0.2) is 34.5 Å². The maximum Gasteiger partial charge on any atom is 0.255 e. The molecule has 3 aliphatic rings. The van der Waals surface area contributed by atoms with Crippen LogP contribution < -0.4 is 5.56 Å². The van der Waals surface area contributed by atoms with Crippen molar-refractivity contribution in [2.24, 2.45) is 5.92 Å². The van der Waals surface area contributed by atoms with Gasteiger partial charge in [0.1, 0.15) is 5.82 Å². The molecule has 7 heteroatoms. The summed E-state index contributed by atoms with van der Waals surface area (Å²) >= 11 is 1.76. The summed E-state index contributed by atoms with van der Waals surface area (Å²) < 4.78 is 0. The molecular weight excluding hydrogens is 408 g/mol. The van der Waals surface area contributed by atoms with Crippen molar-refractivity contribution in [3.05, 3.63) is 62.0 Å². The molecule has 164 valence electrons. The minimum atomic E-state index is 0.0170. The van der Waals surface area contributed by atoms with Gasteiger partial charge in [-0.25, -0.2) is 4.98 Å². The minimum Gasteiger partial charge on any atom is -0.342 e. The lowest BCUT2D eigenvalue weighted by Crippen LogP contribution is -2.42. The number of nitrogens with zero attached hydrogens (tertiary/aromatic N) is 3. The molecular formula is C24H30N4O2S. The fourth-order valence-corrected chi connectivity index (χ4v) is 5.85. The number of fused-ring (bicyclic) bond motifs is 1. The van der Waals surface area contributed by atoms with Gasteiger partial charge in [-0.15, -0.1) is 11.3 Å². The predicted octanol–water partition coefficient (Wildman–Crippen LogP) is 3.45. The molecule has 5 rings (SSSR count). The number of allylic oxidation sites excluding steroid dienone is 2. The van der Waals surface area contributed by atoms with E-state index in [4.69, 9.17) is 4.98 Å². The lowest BCUT2D eigenvalue weighted by Gasteiger charge is -2.34. The zero-order chi connectivity index (χ0) is 21.2. The molecule has 1 saturated heterocycles. The number of H-pyrrole nitrogens is 1. The minimum absolute atomic E-state index is 0.0170. The standard InChI is InChI=1S/C24H30N4O2S/c29-23-20-16-27(15-19-7-4-14-31-19)11-10-21(20)25-22(26-23)17-8-12-28(13-9-17)24(30)18-5-2-1-3-6-18/h1-2,4,7,14,17-18H,3,5-6,8-13,15-16H2,(H,25,26,29). The molecule has 1 atom stereocenters. The van der Waals surface area contributed by atoms with E-state index in [1.807, 2.05) is 4.90 Å². The molecule has 1 amide bonds. The van der Waals surface area contributed by atoms with E-state index < -0.39 is 0 Å². The summed E-state index contributed by atoms with van der Waals surface area (Å²) in [5.74, 6) is 1.52. The van der Waals surface area contributed by atoms with Gasteiger partial charge in [-0.1, -0.05) is 18.2 Å². The first-order chi connectivity index (χ1) is 15.2. The SMILES string of the molecule is O=C(C1CC=CCC1)N1CCC(c2nc3c(c(=O)[nH]2)CN(Cc2cccs2)CC3)CC1. The summed E-state index contributed by atoms with van der Waals surface area (Å²) in [5, 5.41) is 2.10. The molecule has 4 heterocycles. The van der Waals surface area contributed by atoms with Gasteiger partial charge in [-0.2, -0.15) is 0 Å². The lowest BCUT2D eigenvalue weighted by atomic mass is 9.90. The second-order valence-electron chi connectivity index (χ2n) is 9.00. The summed E-state index contributed by atoms with van der Waals surface area (Å²) in [6, 6.07) is 4.22. The van der Waals surface area contributed by atoms with Gasteiger partial charge in [-0.05, 0) is 43.6 Å². The third-order valence-corrected chi connectivity index (χ3v) is 7.80. The maximum atomic E-state index is 12.9. The molecule has 1 unspecified atom stereocenters. The largest absolute Gasteiger partial charge is 0.342 e. The van der Waals surface area contributed by atoms with E-state index >= 15 is 0 Å². The average Bonchev–Trinajstić information content (AvgIpc) is 3.33. The van der Waals surface area contributed by atoms with E-state index in [9.17, 15) is 9.59 Å². The molecule has 0 saturated carbocycles. The Morgan fingerprint density at radius 1 is 1.19 bits per heavy atom. The van der Waals surface area contributed by atoms with Crippen LogP contribution >= 0.6 is 11.3 Å². The molecule has 6 nitrogen and oxygen atoms in total. The van der Waals surface area contributed by atoms with Crippen LogP contribution in [-0.2, 0) is 24.3 Å². The Kier molecular flexibility index (Phi) is 6.05. The van der Waals surface area contributed by atoms with Gasteiger partial charge >= 0.3 is 0 Å². The normalized spacial score (nSPS) is 22.5. The van der Waals surface area contributed by atoms with Gasteiger partial charge in [0.05, 0.1) is 11.3 Å². The number of aromatic amines is 1. The Balaban J connectivity index is 1.22. The summed E-state index contributed by atoms with van der Waals surface area (Å²) in [5.41, 5.74) is 1.81. The van der Waals surface area contributed by atoms with Gasteiger partial charge < -0.3 is 9.88 Å². The van der Waals surface area contributed by atoms with Crippen molar-refractivity contribution in [3.63, 3.8) is 0 Å². The van der Waals surface area contributed by atoms with E-state index in [1.54, 1.807) is 11.3 Å². The molecule has 31 heavy (non-hydrogen) atoms. The summed E-state index contributed by atoms with van der Waals surface area (Å²) in [6.45, 7) is 4.02. The zero-order valence-electron chi connectivity index (χ0n) is 17.9. The molecule has 1 fully saturated rings. The molecule has 1 aliphatic carbocycles. The fraction of sp³-hybridized carbons (Fsp3) is 0.542. The highest BCUT2D eigenvalue weighted by atomic mass is 32.1. The van der Waals surface area contributed by atoms with Crippen molar-refractivity contribution >= 4 is 17.2 Å². The van der Waals surface area contributed by atoms with Crippen molar-refractivity contribution in [2.75, 3.05) is 19.6 Å². The average molecular weight is 439 g/mol. The number of aromatic nitrogens is 2. The third-order valence-electron chi connectivity index (χ3n) is 6.94. The quantitative estimate of drug-likeness (QED) is 0.743. The Morgan fingerprint density at radius 2 is 2.06 bits per heavy atom. The monoisotopic (exact) mass is 438 g/mol. The van der Waals surface area contributed by atoms with Crippen LogP contribution in [0.1, 0.15) is 60.0 Å². The topological polar surface area (TPSA) is 69.3 Å². The number of amides is 1. The molecule has 0 bridgehead atoms. The highest BCUT2D eigenvalue weighted by Crippen LogP contribution is 2.29. The van der Waals surface area contributed by atoms with Gasteiger partial charge in [0.2, 0.25) is 5.91 Å². The molecule has 2 aliphatic heterocycles. The van der Waals surface area contributed by atoms with Crippen molar-refractivity contribution < 1.29 is 4.79 Å². The fourth-order valence-electron chi connectivity index (χ4n) is 5.10. The van der Waals surface area contributed by atoms with Crippen molar-refractivity contribution in [1.29, 1.82) is 0 Å². The van der Waals surface area contributed by atoms with E-state index in [1.165, 1.54) is 4.88 Å². The van der Waals surface area contributed by atoms with E-state index in [0.717, 1.165) is 81.8 Å². The Hall–Kier alpha value is -2.25. The number of thiophene rings is 1. The predicted molar refractivity (Wildman–Crippen MR) is 122 cm³/mol. The number of hydrogen-bond acceptors (Lipinski definition) is 5. The van der Waals surface area contributed by atoms with Crippen molar-refractivity contribution in [3.8, 4) is 0 Å². The number of piperidine rings is 1. The second-order valence-corrected chi connectivity index (χ2v) is 10.0. The first kappa shape index (κ1) is 20.6. The van der Waals surface area contributed by atoms with Gasteiger partial charge in [0.25, 0.3) is 5.56 Å². The maximum absolute atomic E-state index is 12.9. The summed E-state index contributed by atoms with van der Waals surface area (Å²) in [6.07, 6.45) is 9.75. The van der Waals surface area contributed by atoms with Gasteiger partial charge in [-0.3, -0.25) is 14.5 Å². The van der Waals surface area contributed by atoms with E-state index in [-0.39, 0.29) is 17.4 Å².